The third-order valence-electron chi connectivity index (χ3n) is 5.24. The molecular formula is C25H28N2O4S. The summed E-state index contributed by atoms with van der Waals surface area (Å²) in [6, 6.07) is 22.3. The van der Waals surface area contributed by atoms with Crippen LogP contribution in [0.15, 0.2) is 72.8 Å². The lowest BCUT2D eigenvalue weighted by atomic mass is 9.94. The smallest absolute Gasteiger partial charge is 0.258 e. The number of carbonyl (C=O) groups excluding carboxylic acids is 1. The number of hydrogen-bond donors (Lipinski definition) is 1. The van der Waals surface area contributed by atoms with Gasteiger partial charge in [-0.05, 0) is 54.8 Å². The molecule has 6 nitrogen and oxygen atoms in total. The number of nitrogens with one attached hydrogen (secondary N) is 1. The van der Waals surface area contributed by atoms with Crippen LogP contribution in [0.25, 0.3) is 0 Å². The van der Waals surface area contributed by atoms with E-state index in [1.54, 1.807) is 24.3 Å². The minimum absolute atomic E-state index is 0.157. The number of rotatable bonds is 8. The van der Waals surface area contributed by atoms with E-state index >= 15 is 0 Å². The molecule has 0 saturated heterocycles. The average molecular weight is 453 g/mol. The summed E-state index contributed by atoms with van der Waals surface area (Å²) >= 11 is 0. The van der Waals surface area contributed by atoms with Crippen molar-refractivity contribution in [1.82, 2.24) is 5.32 Å². The molecule has 0 aliphatic rings. The van der Waals surface area contributed by atoms with Crippen LogP contribution in [0.5, 0.6) is 5.75 Å². The van der Waals surface area contributed by atoms with Gasteiger partial charge < -0.3 is 10.1 Å². The molecule has 0 bridgehead atoms. The average Bonchev–Trinajstić information content (AvgIpc) is 2.76. The van der Waals surface area contributed by atoms with Gasteiger partial charge in [0, 0.05) is 7.05 Å². The van der Waals surface area contributed by atoms with E-state index in [9.17, 15) is 13.2 Å². The molecule has 3 aromatic rings. The van der Waals surface area contributed by atoms with E-state index in [1.807, 2.05) is 56.3 Å². The number of amides is 1. The predicted octanol–water partition coefficient (Wildman–Crippen LogP) is 3.98. The first kappa shape index (κ1) is 23.3. The van der Waals surface area contributed by atoms with Gasteiger partial charge in [-0.25, -0.2) is 8.42 Å². The Morgan fingerprint density at radius 1 is 1.00 bits per heavy atom. The zero-order valence-corrected chi connectivity index (χ0v) is 19.5. The highest BCUT2D eigenvalue weighted by atomic mass is 32.2. The second-order valence-corrected chi connectivity index (χ2v) is 9.80. The van der Waals surface area contributed by atoms with E-state index in [0.717, 1.165) is 28.5 Å². The van der Waals surface area contributed by atoms with Crippen molar-refractivity contribution in [2.75, 3.05) is 24.2 Å². The van der Waals surface area contributed by atoms with E-state index in [-0.39, 0.29) is 18.6 Å². The van der Waals surface area contributed by atoms with E-state index < -0.39 is 10.0 Å². The molecule has 3 aromatic carbocycles. The van der Waals surface area contributed by atoms with Crippen molar-refractivity contribution in [2.45, 2.75) is 19.9 Å². The van der Waals surface area contributed by atoms with Gasteiger partial charge in [0.15, 0.2) is 6.61 Å². The van der Waals surface area contributed by atoms with Crippen molar-refractivity contribution in [3.05, 3.63) is 95.1 Å². The van der Waals surface area contributed by atoms with Gasteiger partial charge >= 0.3 is 0 Å². The lowest BCUT2D eigenvalue weighted by molar-refractivity contribution is -0.123. The molecule has 0 heterocycles. The maximum absolute atomic E-state index is 12.7. The molecule has 0 saturated carbocycles. The van der Waals surface area contributed by atoms with E-state index in [4.69, 9.17) is 4.74 Å². The van der Waals surface area contributed by atoms with Gasteiger partial charge in [-0.2, -0.15) is 0 Å². The number of carbonyl (C=O) groups is 1. The van der Waals surface area contributed by atoms with E-state index in [1.165, 1.54) is 11.4 Å². The summed E-state index contributed by atoms with van der Waals surface area (Å²) in [5, 5.41) is 3.08. The first-order chi connectivity index (χ1) is 15.1. The third-order valence-corrected chi connectivity index (χ3v) is 6.45. The van der Waals surface area contributed by atoms with Crippen LogP contribution in [0.4, 0.5) is 5.69 Å². The molecule has 0 radical (unpaired) electrons. The monoisotopic (exact) mass is 452 g/mol. The molecule has 32 heavy (non-hydrogen) atoms. The Morgan fingerprint density at radius 3 is 2.25 bits per heavy atom. The van der Waals surface area contributed by atoms with Gasteiger partial charge in [0.1, 0.15) is 5.75 Å². The maximum Gasteiger partial charge on any atom is 0.258 e. The van der Waals surface area contributed by atoms with Crippen molar-refractivity contribution in [3.8, 4) is 5.75 Å². The fourth-order valence-electron chi connectivity index (χ4n) is 3.43. The summed E-state index contributed by atoms with van der Waals surface area (Å²) in [6.45, 7) is 3.92. The number of benzene rings is 3. The molecule has 0 aromatic heterocycles. The minimum atomic E-state index is -3.34. The number of hydrogen-bond acceptors (Lipinski definition) is 4. The number of nitrogens with zero attached hydrogens (tertiary/aromatic N) is 1. The maximum atomic E-state index is 12.7. The Balaban J connectivity index is 1.71. The largest absolute Gasteiger partial charge is 0.484 e. The van der Waals surface area contributed by atoms with E-state index in [0.29, 0.717) is 11.4 Å². The van der Waals surface area contributed by atoms with Gasteiger partial charge in [-0.1, -0.05) is 54.1 Å². The molecule has 0 fully saturated rings. The summed E-state index contributed by atoms with van der Waals surface area (Å²) in [5.74, 6) is 0.227. The van der Waals surface area contributed by atoms with Gasteiger partial charge in [-0.3, -0.25) is 9.10 Å². The molecule has 0 unspecified atom stereocenters. The molecule has 1 amide bonds. The van der Waals surface area contributed by atoms with Crippen LogP contribution < -0.4 is 14.4 Å². The Hall–Kier alpha value is -3.32. The fraction of sp³-hybridized carbons (Fsp3) is 0.240. The number of anilines is 1. The third kappa shape index (κ3) is 5.88. The van der Waals surface area contributed by atoms with Gasteiger partial charge in [0.05, 0.1) is 18.0 Å². The van der Waals surface area contributed by atoms with Crippen molar-refractivity contribution in [3.63, 3.8) is 0 Å². The van der Waals surface area contributed by atoms with Crippen LogP contribution in [0.3, 0.4) is 0 Å². The summed E-state index contributed by atoms with van der Waals surface area (Å²) in [5.41, 5.74) is 4.80. The quantitative estimate of drug-likeness (QED) is 0.561. The Morgan fingerprint density at radius 2 is 1.66 bits per heavy atom. The highest BCUT2D eigenvalue weighted by molar-refractivity contribution is 7.92. The van der Waals surface area contributed by atoms with Crippen LogP contribution in [0.1, 0.15) is 28.3 Å². The normalized spacial score (nSPS) is 12.1. The highest BCUT2D eigenvalue weighted by Gasteiger charge is 2.19. The molecule has 0 aliphatic heterocycles. The molecule has 168 valence electrons. The predicted molar refractivity (Wildman–Crippen MR) is 128 cm³/mol. The number of sulfonamides is 1. The lowest BCUT2D eigenvalue weighted by Gasteiger charge is -2.22. The van der Waals surface area contributed by atoms with Gasteiger partial charge in [-0.15, -0.1) is 0 Å². The van der Waals surface area contributed by atoms with Crippen LogP contribution in [-0.2, 0) is 14.8 Å². The highest BCUT2D eigenvalue weighted by Crippen LogP contribution is 2.26. The Kier molecular flexibility index (Phi) is 7.20. The van der Waals surface area contributed by atoms with Gasteiger partial charge in [0.25, 0.3) is 5.91 Å². The minimum Gasteiger partial charge on any atom is -0.484 e. The first-order valence-corrected chi connectivity index (χ1v) is 12.1. The Bertz CT molecular complexity index is 1180. The zero-order valence-electron chi connectivity index (χ0n) is 18.7. The summed E-state index contributed by atoms with van der Waals surface area (Å²) in [7, 11) is -1.86. The molecule has 1 atom stereocenters. The molecule has 3 rings (SSSR count). The molecule has 0 aliphatic carbocycles. The summed E-state index contributed by atoms with van der Waals surface area (Å²) in [6.07, 6.45) is 1.14. The molecule has 7 heteroatoms. The van der Waals surface area contributed by atoms with E-state index in [2.05, 4.69) is 11.4 Å². The standard InChI is InChI=1S/C25H28N2O4S/c1-18-10-15-23(19(2)16-18)25(20-8-6-5-7-9-20)26-24(28)17-31-22-13-11-21(12-14-22)27(3)32(4,29)30/h5-16,25H,17H2,1-4H3,(H,26,28)/t25-/m0/s1. The first-order valence-electron chi connectivity index (χ1n) is 10.2. The van der Waals surface area contributed by atoms with Crippen molar-refractivity contribution in [1.29, 1.82) is 0 Å². The Labute approximate surface area is 189 Å². The number of aryl methyl sites for hydroxylation is 2. The zero-order chi connectivity index (χ0) is 23.3. The molecular weight excluding hydrogens is 424 g/mol. The summed E-state index contributed by atoms with van der Waals surface area (Å²) in [4.78, 5) is 12.7. The fourth-order valence-corrected chi connectivity index (χ4v) is 3.94. The van der Waals surface area contributed by atoms with Crippen molar-refractivity contribution in [2.24, 2.45) is 0 Å². The van der Waals surface area contributed by atoms with Crippen molar-refractivity contribution >= 4 is 21.6 Å². The summed E-state index contributed by atoms with van der Waals surface area (Å²) < 4.78 is 30.1. The second kappa shape index (κ2) is 9.87. The van der Waals surface area contributed by atoms with Crippen LogP contribution in [0, 0.1) is 13.8 Å². The van der Waals surface area contributed by atoms with Gasteiger partial charge in [0.2, 0.25) is 10.0 Å². The number of ether oxygens (including phenoxy) is 1. The van der Waals surface area contributed by atoms with Crippen LogP contribution in [0.2, 0.25) is 0 Å². The van der Waals surface area contributed by atoms with Crippen LogP contribution >= 0.6 is 0 Å². The van der Waals surface area contributed by atoms with Crippen LogP contribution in [-0.4, -0.2) is 34.2 Å². The molecule has 0 spiro atoms. The van der Waals surface area contributed by atoms with Crippen molar-refractivity contribution < 1.29 is 17.9 Å². The topological polar surface area (TPSA) is 75.7 Å². The lowest BCUT2D eigenvalue weighted by Crippen LogP contribution is -2.33. The SMILES string of the molecule is Cc1ccc([C@@H](NC(=O)COc2ccc(N(C)S(C)(=O)=O)cc2)c2ccccc2)c(C)c1. The second-order valence-electron chi connectivity index (χ2n) is 7.78. The molecule has 1 N–H and O–H groups in total.